The van der Waals surface area contributed by atoms with Gasteiger partial charge in [0, 0.05) is 20.0 Å². The minimum atomic E-state index is -0.688. The zero-order chi connectivity index (χ0) is 24.6. The van der Waals surface area contributed by atoms with E-state index in [9.17, 15) is 19.2 Å². The molecule has 4 rings (SSSR count). The second-order valence-corrected chi connectivity index (χ2v) is 10.1. The summed E-state index contributed by atoms with van der Waals surface area (Å²) in [5.74, 6) is -0.394. The monoisotopic (exact) mass is 468 g/mol. The van der Waals surface area contributed by atoms with Gasteiger partial charge in [-0.25, -0.2) is 9.59 Å². The van der Waals surface area contributed by atoms with Crippen molar-refractivity contribution >= 4 is 34.5 Å². The molecule has 2 atom stereocenters. The van der Waals surface area contributed by atoms with E-state index in [1.165, 1.54) is 10.1 Å². The maximum absolute atomic E-state index is 13.0. The van der Waals surface area contributed by atoms with E-state index in [-0.39, 0.29) is 18.0 Å². The molecule has 2 heterocycles. The molecule has 1 aromatic heterocycles. The lowest BCUT2D eigenvalue weighted by molar-refractivity contribution is -0.135. The van der Waals surface area contributed by atoms with Gasteiger partial charge < -0.3 is 10.1 Å². The Labute approximate surface area is 198 Å². The fraction of sp³-hybridized carbons (Fsp3) is 0.520. The maximum Gasteiger partial charge on any atom is 0.407 e. The minimum Gasteiger partial charge on any atom is -0.444 e. The van der Waals surface area contributed by atoms with Crippen molar-refractivity contribution < 1.29 is 19.1 Å². The number of ether oxygens (including phenoxy) is 1. The number of aromatic nitrogens is 2. The number of piperidine rings is 1. The number of hydrogen-bond acceptors (Lipinski definition) is 5. The summed E-state index contributed by atoms with van der Waals surface area (Å²) in [6, 6.07) is 5.17. The molecule has 2 unspecified atom stereocenters. The van der Waals surface area contributed by atoms with Crippen LogP contribution >= 0.6 is 0 Å². The average Bonchev–Trinajstić information content (AvgIpc) is 3.01. The van der Waals surface area contributed by atoms with Crippen LogP contribution in [0.15, 0.2) is 29.1 Å². The highest BCUT2D eigenvalue weighted by atomic mass is 16.6. The van der Waals surface area contributed by atoms with Gasteiger partial charge in [-0.2, -0.15) is 0 Å². The fourth-order valence-electron chi connectivity index (χ4n) is 4.67. The van der Waals surface area contributed by atoms with Crippen molar-refractivity contribution in [2.75, 3.05) is 6.54 Å². The van der Waals surface area contributed by atoms with Crippen LogP contribution in [0.3, 0.4) is 0 Å². The molecule has 34 heavy (non-hydrogen) atoms. The zero-order valence-corrected chi connectivity index (χ0v) is 20.1. The zero-order valence-electron chi connectivity index (χ0n) is 20.1. The van der Waals surface area contributed by atoms with Crippen molar-refractivity contribution in [2.24, 2.45) is 13.0 Å². The van der Waals surface area contributed by atoms with E-state index in [2.05, 4.69) is 16.7 Å². The van der Waals surface area contributed by atoms with Crippen molar-refractivity contribution in [2.45, 2.75) is 64.5 Å². The van der Waals surface area contributed by atoms with Crippen molar-refractivity contribution in [1.82, 2.24) is 19.8 Å². The van der Waals surface area contributed by atoms with Crippen LogP contribution in [0, 0.1) is 5.92 Å². The van der Waals surface area contributed by atoms with Crippen molar-refractivity contribution in [1.29, 1.82) is 0 Å². The van der Waals surface area contributed by atoms with Crippen LogP contribution in [0.5, 0.6) is 0 Å². The van der Waals surface area contributed by atoms with Gasteiger partial charge in [-0.1, -0.05) is 12.1 Å². The molecular formula is C25H32N4O5. The molecule has 182 valence electrons. The first kappa shape index (κ1) is 23.8. The van der Waals surface area contributed by atoms with Gasteiger partial charge in [0.15, 0.2) is 0 Å². The molecular weight excluding hydrogens is 436 g/mol. The molecule has 1 aliphatic heterocycles. The number of alkyl carbamates (subject to hydrolysis) is 1. The topological polar surface area (TPSA) is 111 Å². The first-order chi connectivity index (χ1) is 16.0. The summed E-state index contributed by atoms with van der Waals surface area (Å²) < 4.78 is 8.35. The highest BCUT2D eigenvalue weighted by Crippen LogP contribution is 2.32. The number of carbonyl (C=O) groups is 3. The van der Waals surface area contributed by atoms with Crippen LogP contribution in [-0.2, 0) is 21.4 Å². The lowest BCUT2D eigenvalue weighted by atomic mass is 9.86. The Bertz CT molecular complexity index is 1230. The minimum absolute atomic E-state index is 0.216. The smallest absolute Gasteiger partial charge is 0.407 e. The number of imide groups is 1. The van der Waals surface area contributed by atoms with Gasteiger partial charge in [0.2, 0.25) is 11.8 Å². The molecule has 3 amide bonds. The molecule has 1 aromatic carbocycles. The Hall–Kier alpha value is -3.36. The Morgan fingerprint density at radius 3 is 2.56 bits per heavy atom. The number of rotatable bonds is 4. The van der Waals surface area contributed by atoms with Crippen LogP contribution in [0.4, 0.5) is 4.79 Å². The van der Waals surface area contributed by atoms with E-state index in [0.29, 0.717) is 24.4 Å². The predicted molar refractivity (Wildman–Crippen MR) is 128 cm³/mol. The summed E-state index contributed by atoms with van der Waals surface area (Å²) in [7, 11) is 1.70. The fourth-order valence-corrected chi connectivity index (χ4v) is 4.67. The third kappa shape index (κ3) is 4.93. The van der Waals surface area contributed by atoms with Gasteiger partial charge in [0.25, 0.3) is 0 Å². The van der Waals surface area contributed by atoms with Gasteiger partial charge in [-0.05, 0) is 75.6 Å². The average molecular weight is 469 g/mol. The Morgan fingerprint density at radius 2 is 1.91 bits per heavy atom. The highest BCUT2D eigenvalue weighted by molar-refractivity contribution is 6.00. The second kappa shape index (κ2) is 9.12. The molecule has 1 saturated heterocycles. The lowest BCUT2D eigenvalue weighted by Gasteiger charge is -2.24. The van der Waals surface area contributed by atoms with Gasteiger partial charge in [0.1, 0.15) is 11.6 Å². The molecule has 2 aliphatic rings. The molecule has 1 aliphatic carbocycles. The van der Waals surface area contributed by atoms with Gasteiger partial charge in [-0.3, -0.25) is 24.0 Å². The number of nitrogens with zero attached hydrogens (tertiary/aromatic N) is 2. The Balaban J connectivity index is 1.49. The van der Waals surface area contributed by atoms with E-state index in [0.717, 1.165) is 30.3 Å². The van der Waals surface area contributed by atoms with E-state index in [1.54, 1.807) is 11.6 Å². The standard InChI is InChI=1S/C25H32N4O5/c1-25(2,3)34-23(32)26-14-15-5-7-16(8-6-15)17-9-10-18-20(13-17)28(4)24(33)29(18)19-11-12-21(30)27-22(19)31/h7,9-10,13,15,19H,5-6,8,11-12,14H2,1-4H3,(H,26,32)(H,27,30,31). The normalized spacial score (nSPS) is 21.2. The number of aryl methyl sites for hydroxylation is 1. The van der Waals surface area contributed by atoms with E-state index in [4.69, 9.17) is 4.74 Å². The molecule has 0 saturated carbocycles. The predicted octanol–water partition coefficient (Wildman–Crippen LogP) is 3.03. The molecule has 0 spiro atoms. The Morgan fingerprint density at radius 1 is 1.15 bits per heavy atom. The summed E-state index contributed by atoms with van der Waals surface area (Å²) in [6.45, 7) is 6.09. The number of carbonyl (C=O) groups excluding carboxylic acids is 3. The number of allylic oxidation sites excluding steroid dienone is 2. The number of hydrogen-bond donors (Lipinski definition) is 2. The summed E-state index contributed by atoms with van der Waals surface area (Å²) in [5, 5.41) is 5.19. The first-order valence-corrected chi connectivity index (χ1v) is 11.7. The molecule has 9 heteroatoms. The van der Waals surface area contributed by atoms with E-state index in [1.807, 2.05) is 39.0 Å². The second-order valence-electron chi connectivity index (χ2n) is 10.1. The van der Waals surface area contributed by atoms with Crippen molar-refractivity contribution in [3.8, 4) is 0 Å². The Kier molecular flexibility index (Phi) is 6.38. The quantitative estimate of drug-likeness (QED) is 0.670. The molecule has 2 aromatic rings. The van der Waals surface area contributed by atoms with Crippen LogP contribution in [0.2, 0.25) is 0 Å². The van der Waals surface area contributed by atoms with Crippen LogP contribution in [-0.4, -0.2) is 39.2 Å². The van der Waals surface area contributed by atoms with Crippen molar-refractivity contribution in [3.63, 3.8) is 0 Å². The lowest BCUT2D eigenvalue weighted by Crippen LogP contribution is -2.44. The molecule has 1 fully saturated rings. The number of benzene rings is 1. The molecule has 9 nitrogen and oxygen atoms in total. The number of imidazole rings is 1. The molecule has 0 radical (unpaired) electrons. The van der Waals surface area contributed by atoms with Crippen molar-refractivity contribution in [3.05, 3.63) is 40.3 Å². The van der Waals surface area contributed by atoms with Gasteiger partial charge in [0.05, 0.1) is 11.0 Å². The number of fused-ring (bicyclic) bond motifs is 1. The largest absolute Gasteiger partial charge is 0.444 e. The SMILES string of the molecule is Cn1c(=O)n(C2CCC(=O)NC2=O)c2ccc(C3=CCC(CNC(=O)OC(C)(C)C)CC3)cc21. The number of nitrogens with one attached hydrogen (secondary N) is 2. The van der Waals surface area contributed by atoms with Crippen LogP contribution < -0.4 is 16.3 Å². The van der Waals surface area contributed by atoms with E-state index >= 15 is 0 Å². The number of amides is 3. The third-order valence-corrected chi connectivity index (χ3v) is 6.44. The summed E-state index contributed by atoms with van der Waals surface area (Å²) in [5.41, 5.74) is 2.90. The maximum atomic E-state index is 13.0. The summed E-state index contributed by atoms with van der Waals surface area (Å²) in [6.07, 6.45) is 4.99. The van der Waals surface area contributed by atoms with Gasteiger partial charge >= 0.3 is 11.8 Å². The van der Waals surface area contributed by atoms with Crippen LogP contribution in [0.1, 0.15) is 64.5 Å². The van der Waals surface area contributed by atoms with E-state index < -0.39 is 23.6 Å². The highest BCUT2D eigenvalue weighted by Gasteiger charge is 2.31. The summed E-state index contributed by atoms with van der Waals surface area (Å²) >= 11 is 0. The first-order valence-electron chi connectivity index (χ1n) is 11.7. The van der Waals surface area contributed by atoms with Crippen LogP contribution in [0.25, 0.3) is 16.6 Å². The molecule has 2 N–H and O–H groups in total. The van der Waals surface area contributed by atoms with Gasteiger partial charge in [-0.15, -0.1) is 0 Å². The summed E-state index contributed by atoms with van der Waals surface area (Å²) in [4.78, 5) is 48.8. The third-order valence-electron chi connectivity index (χ3n) is 6.44. The molecule has 0 bridgehead atoms.